The predicted molar refractivity (Wildman–Crippen MR) is 53.5 cm³/mol. The number of rotatable bonds is 3. The van der Waals surface area contributed by atoms with Crippen LogP contribution in [0.1, 0.15) is 16.2 Å². The van der Waals surface area contributed by atoms with Crippen LogP contribution in [0.2, 0.25) is 0 Å². The van der Waals surface area contributed by atoms with Gasteiger partial charge in [-0.3, -0.25) is 0 Å². The van der Waals surface area contributed by atoms with Gasteiger partial charge in [0, 0.05) is 11.8 Å². The Morgan fingerprint density at radius 2 is 1.94 bits per heavy atom. The zero-order valence-corrected chi connectivity index (χ0v) is 9.79. The van der Waals surface area contributed by atoms with Gasteiger partial charge >= 0.3 is 12.3 Å². The Morgan fingerprint density at radius 1 is 1.33 bits per heavy atom. The Labute approximate surface area is 100 Å². The van der Waals surface area contributed by atoms with Crippen molar-refractivity contribution in [1.29, 1.82) is 0 Å². The molecular formula is C10H10F3NO4. The first-order valence-corrected chi connectivity index (χ1v) is 4.68. The van der Waals surface area contributed by atoms with Crippen LogP contribution in [0.4, 0.5) is 13.2 Å². The van der Waals surface area contributed by atoms with Gasteiger partial charge in [0.2, 0.25) is 0 Å². The van der Waals surface area contributed by atoms with Gasteiger partial charge < -0.3 is 14.2 Å². The second kappa shape index (κ2) is 5.11. The molecule has 18 heavy (non-hydrogen) atoms. The van der Waals surface area contributed by atoms with Crippen LogP contribution in [0, 0.1) is 6.92 Å². The summed E-state index contributed by atoms with van der Waals surface area (Å²) in [5, 5.41) is 0. The Morgan fingerprint density at radius 3 is 2.39 bits per heavy atom. The minimum atomic E-state index is -4.89. The monoisotopic (exact) mass is 265 g/mol. The van der Waals surface area contributed by atoms with Crippen LogP contribution < -0.4 is 9.47 Å². The van der Waals surface area contributed by atoms with Crippen LogP contribution >= 0.6 is 0 Å². The summed E-state index contributed by atoms with van der Waals surface area (Å²) in [6.45, 7) is 1.41. The third-order valence-electron chi connectivity index (χ3n) is 1.88. The van der Waals surface area contributed by atoms with Crippen molar-refractivity contribution in [1.82, 2.24) is 4.98 Å². The van der Waals surface area contributed by atoms with Gasteiger partial charge in [-0.2, -0.15) is 0 Å². The van der Waals surface area contributed by atoms with E-state index in [1.165, 1.54) is 6.92 Å². The quantitative estimate of drug-likeness (QED) is 0.783. The van der Waals surface area contributed by atoms with Gasteiger partial charge in [0.05, 0.1) is 14.2 Å². The Kier molecular flexibility index (Phi) is 4.00. The summed E-state index contributed by atoms with van der Waals surface area (Å²) in [6, 6.07) is 1.01. The Bertz CT molecular complexity index is 459. The van der Waals surface area contributed by atoms with Crippen molar-refractivity contribution >= 4 is 5.97 Å². The molecule has 0 spiro atoms. The van der Waals surface area contributed by atoms with Crippen LogP contribution in [-0.4, -0.2) is 31.5 Å². The largest absolute Gasteiger partial charge is 0.573 e. The average Bonchev–Trinajstić information content (AvgIpc) is 2.25. The number of carbonyl (C=O) groups is 1. The molecule has 0 amide bonds. The van der Waals surface area contributed by atoms with Crippen molar-refractivity contribution in [3.05, 3.63) is 17.5 Å². The topological polar surface area (TPSA) is 57.7 Å². The van der Waals surface area contributed by atoms with Crippen molar-refractivity contribution in [3.63, 3.8) is 0 Å². The zero-order valence-electron chi connectivity index (χ0n) is 9.79. The molecule has 0 aromatic carbocycles. The molecule has 0 aliphatic carbocycles. The second-order valence-electron chi connectivity index (χ2n) is 3.18. The van der Waals surface area contributed by atoms with Crippen LogP contribution in [0.5, 0.6) is 11.5 Å². The number of nitrogens with zero attached hydrogens (tertiary/aromatic N) is 1. The van der Waals surface area contributed by atoms with Crippen molar-refractivity contribution in [2.24, 2.45) is 0 Å². The molecule has 0 aliphatic rings. The first-order chi connectivity index (χ1) is 8.28. The molecule has 0 saturated heterocycles. The van der Waals surface area contributed by atoms with Gasteiger partial charge in [0.25, 0.3) is 0 Å². The summed E-state index contributed by atoms with van der Waals surface area (Å²) < 4.78 is 49.4. The van der Waals surface area contributed by atoms with Gasteiger partial charge in [-0.25, -0.2) is 9.78 Å². The highest BCUT2D eigenvalue weighted by Crippen LogP contribution is 2.35. The van der Waals surface area contributed by atoms with E-state index in [9.17, 15) is 18.0 Å². The number of pyridine rings is 1. The SMILES string of the molecule is COC(=O)c1nc(C)cc(OC(F)(F)F)c1OC. The lowest BCUT2D eigenvalue weighted by Crippen LogP contribution is -2.19. The van der Waals surface area contributed by atoms with E-state index in [4.69, 9.17) is 4.74 Å². The fraction of sp³-hybridized carbons (Fsp3) is 0.400. The van der Waals surface area contributed by atoms with Crippen LogP contribution in [-0.2, 0) is 4.74 Å². The molecule has 0 fully saturated rings. The molecule has 8 heteroatoms. The van der Waals surface area contributed by atoms with E-state index >= 15 is 0 Å². The number of aromatic nitrogens is 1. The van der Waals surface area contributed by atoms with E-state index in [0.29, 0.717) is 0 Å². The number of ether oxygens (including phenoxy) is 3. The molecule has 1 aromatic rings. The molecule has 1 rings (SSSR count). The minimum Gasteiger partial charge on any atom is -0.491 e. The zero-order chi connectivity index (χ0) is 13.9. The molecule has 0 atom stereocenters. The lowest BCUT2D eigenvalue weighted by atomic mass is 10.2. The first kappa shape index (κ1) is 14.1. The molecule has 0 aliphatic heterocycles. The molecule has 0 saturated carbocycles. The molecular weight excluding hydrogens is 255 g/mol. The van der Waals surface area contributed by atoms with Crippen LogP contribution in [0.25, 0.3) is 0 Å². The summed E-state index contributed by atoms with van der Waals surface area (Å²) in [7, 11) is 2.18. The molecule has 100 valence electrons. The molecule has 1 aromatic heterocycles. The fourth-order valence-corrected chi connectivity index (χ4v) is 1.26. The third-order valence-corrected chi connectivity index (χ3v) is 1.88. The fourth-order valence-electron chi connectivity index (χ4n) is 1.26. The Hall–Kier alpha value is -1.99. The molecule has 0 bridgehead atoms. The van der Waals surface area contributed by atoms with E-state index in [-0.39, 0.29) is 11.4 Å². The van der Waals surface area contributed by atoms with Crippen molar-refractivity contribution in [2.45, 2.75) is 13.3 Å². The number of halogens is 3. The summed E-state index contributed by atoms with van der Waals surface area (Å²) in [5.41, 5.74) is -0.213. The Balaban J connectivity index is 3.33. The smallest absolute Gasteiger partial charge is 0.491 e. The highest BCUT2D eigenvalue weighted by molar-refractivity contribution is 5.91. The number of hydrogen-bond acceptors (Lipinski definition) is 5. The standard InChI is InChI=1S/C10H10F3NO4/c1-5-4-6(18-10(11,12)13)8(16-2)7(14-5)9(15)17-3/h4H,1-3H3. The summed E-state index contributed by atoms with van der Waals surface area (Å²) in [5.74, 6) is -1.98. The number of methoxy groups -OCH3 is 2. The molecule has 5 nitrogen and oxygen atoms in total. The number of hydrogen-bond donors (Lipinski definition) is 0. The van der Waals surface area contributed by atoms with Crippen molar-refractivity contribution in [3.8, 4) is 11.5 Å². The maximum absolute atomic E-state index is 12.2. The van der Waals surface area contributed by atoms with Crippen LogP contribution in [0.15, 0.2) is 6.07 Å². The van der Waals surface area contributed by atoms with E-state index in [1.54, 1.807) is 0 Å². The average molecular weight is 265 g/mol. The maximum Gasteiger partial charge on any atom is 0.573 e. The lowest BCUT2D eigenvalue weighted by molar-refractivity contribution is -0.275. The second-order valence-corrected chi connectivity index (χ2v) is 3.18. The van der Waals surface area contributed by atoms with Crippen molar-refractivity contribution in [2.75, 3.05) is 14.2 Å². The third kappa shape index (κ3) is 3.25. The summed E-state index contributed by atoms with van der Waals surface area (Å²) in [6.07, 6.45) is -4.89. The van der Waals surface area contributed by atoms with E-state index in [1.807, 2.05) is 0 Å². The summed E-state index contributed by atoms with van der Waals surface area (Å²) in [4.78, 5) is 15.1. The van der Waals surface area contributed by atoms with Gasteiger partial charge in [-0.1, -0.05) is 0 Å². The van der Waals surface area contributed by atoms with E-state index in [0.717, 1.165) is 20.3 Å². The van der Waals surface area contributed by atoms with Crippen molar-refractivity contribution < 1.29 is 32.2 Å². The summed E-state index contributed by atoms with van der Waals surface area (Å²) >= 11 is 0. The van der Waals surface area contributed by atoms with E-state index < -0.39 is 23.8 Å². The number of alkyl halides is 3. The van der Waals surface area contributed by atoms with Gasteiger partial charge in [-0.15, -0.1) is 13.2 Å². The molecule has 0 radical (unpaired) electrons. The highest BCUT2D eigenvalue weighted by Gasteiger charge is 2.34. The molecule has 0 unspecified atom stereocenters. The maximum atomic E-state index is 12.2. The van der Waals surface area contributed by atoms with Gasteiger partial charge in [0.1, 0.15) is 0 Å². The number of carbonyl (C=O) groups excluding carboxylic acids is 1. The van der Waals surface area contributed by atoms with Gasteiger partial charge in [-0.05, 0) is 6.92 Å². The molecule has 0 N–H and O–H groups in total. The lowest BCUT2D eigenvalue weighted by Gasteiger charge is -2.14. The predicted octanol–water partition coefficient (Wildman–Crippen LogP) is 2.08. The van der Waals surface area contributed by atoms with Gasteiger partial charge in [0.15, 0.2) is 17.2 Å². The number of aryl methyl sites for hydroxylation is 1. The highest BCUT2D eigenvalue weighted by atomic mass is 19.4. The first-order valence-electron chi connectivity index (χ1n) is 4.68. The number of esters is 1. The molecule has 1 heterocycles. The normalized spacial score (nSPS) is 11.0. The minimum absolute atomic E-state index is 0.162. The van der Waals surface area contributed by atoms with E-state index in [2.05, 4.69) is 14.5 Å². The van der Waals surface area contributed by atoms with Crippen LogP contribution in [0.3, 0.4) is 0 Å².